The fourth-order valence-corrected chi connectivity index (χ4v) is 2.57. The molecule has 1 aromatic heterocycles. The predicted molar refractivity (Wildman–Crippen MR) is 89.9 cm³/mol. The van der Waals surface area contributed by atoms with E-state index in [1.165, 1.54) is 36.7 Å². The van der Waals surface area contributed by atoms with Gasteiger partial charge in [-0.3, -0.25) is 14.6 Å². The van der Waals surface area contributed by atoms with Crippen LogP contribution in [-0.4, -0.2) is 36.1 Å². The number of carbonyl (C=O) groups is 2. The summed E-state index contributed by atoms with van der Waals surface area (Å²) in [5.41, 5.74) is 0.831. The lowest BCUT2D eigenvalue weighted by Crippen LogP contribution is -2.32. The average molecular weight is 343 g/mol. The van der Waals surface area contributed by atoms with Gasteiger partial charge in [0.25, 0.3) is 11.8 Å². The van der Waals surface area contributed by atoms with Gasteiger partial charge in [0, 0.05) is 31.2 Å². The number of benzene rings is 1. The number of hydrogen-bond acceptors (Lipinski definition) is 4. The summed E-state index contributed by atoms with van der Waals surface area (Å²) in [6.45, 7) is 1.15. The Morgan fingerprint density at radius 3 is 2.72 bits per heavy atom. The number of aromatic nitrogens is 1. The molecule has 1 aliphatic heterocycles. The van der Waals surface area contributed by atoms with E-state index in [1.807, 2.05) is 0 Å². The zero-order chi connectivity index (χ0) is 17.6. The van der Waals surface area contributed by atoms with Crippen LogP contribution in [0, 0.1) is 5.82 Å². The summed E-state index contributed by atoms with van der Waals surface area (Å²) >= 11 is 0. The Labute approximate surface area is 144 Å². The van der Waals surface area contributed by atoms with Crippen LogP contribution in [0.3, 0.4) is 0 Å². The quantitative estimate of drug-likeness (QED) is 0.873. The van der Waals surface area contributed by atoms with Crippen molar-refractivity contribution < 1.29 is 18.7 Å². The van der Waals surface area contributed by atoms with Crippen LogP contribution in [0.4, 0.5) is 10.1 Å². The van der Waals surface area contributed by atoms with Crippen LogP contribution in [0.15, 0.2) is 42.7 Å². The molecule has 0 saturated carbocycles. The van der Waals surface area contributed by atoms with Crippen molar-refractivity contribution in [3.63, 3.8) is 0 Å². The summed E-state index contributed by atoms with van der Waals surface area (Å²) in [5, 5.41) is 5.35. The van der Waals surface area contributed by atoms with E-state index in [2.05, 4.69) is 15.6 Å². The number of nitrogens with zero attached hydrogens (tertiary/aromatic N) is 1. The van der Waals surface area contributed by atoms with Gasteiger partial charge in [0.1, 0.15) is 5.82 Å². The first-order valence-corrected chi connectivity index (χ1v) is 8.03. The molecule has 1 aromatic carbocycles. The Bertz CT molecular complexity index is 776. The molecule has 1 saturated heterocycles. The third-order valence-corrected chi connectivity index (χ3v) is 3.86. The highest BCUT2D eigenvalue weighted by molar-refractivity contribution is 6.05. The Hall–Kier alpha value is -2.80. The third-order valence-electron chi connectivity index (χ3n) is 3.86. The monoisotopic (exact) mass is 343 g/mol. The van der Waals surface area contributed by atoms with E-state index in [0.29, 0.717) is 12.2 Å². The normalized spacial score (nSPS) is 16.4. The van der Waals surface area contributed by atoms with E-state index in [4.69, 9.17) is 4.74 Å². The minimum absolute atomic E-state index is 0.0383. The second-order valence-electron chi connectivity index (χ2n) is 5.77. The molecule has 1 aliphatic rings. The average Bonchev–Trinajstić information content (AvgIpc) is 3.13. The maximum Gasteiger partial charge on any atom is 0.257 e. The standard InChI is InChI=1S/C18H18FN3O3/c19-14-3-1-4-15(8-14)22-18(24)13-7-12(9-20-10-13)17(23)21-11-16-5-2-6-25-16/h1,3-4,7-10,16H,2,5-6,11H2,(H,21,23)(H,22,24). The number of carbonyl (C=O) groups excluding carboxylic acids is 2. The molecule has 1 unspecified atom stereocenters. The summed E-state index contributed by atoms with van der Waals surface area (Å²) < 4.78 is 18.6. The van der Waals surface area contributed by atoms with Crippen molar-refractivity contribution in [1.29, 1.82) is 0 Å². The highest BCUT2D eigenvalue weighted by Gasteiger charge is 2.17. The van der Waals surface area contributed by atoms with E-state index in [9.17, 15) is 14.0 Å². The largest absolute Gasteiger partial charge is 0.376 e. The number of hydrogen-bond donors (Lipinski definition) is 2. The zero-order valence-corrected chi connectivity index (χ0v) is 13.5. The minimum Gasteiger partial charge on any atom is -0.376 e. The van der Waals surface area contributed by atoms with Crippen LogP contribution in [0.25, 0.3) is 0 Å². The third kappa shape index (κ3) is 4.60. The summed E-state index contributed by atoms with van der Waals surface area (Å²) in [5.74, 6) is -1.23. The molecule has 3 rings (SSSR count). The van der Waals surface area contributed by atoms with Gasteiger partial charge in [-0.25, -0.2) is 4.39 Å². The SMILES string of the molecule is O=C(NCC1CCCO1)c1cncc(C(=O)Nc2cccc(F)c2)c1. The van der Waals surface area contributed by atoms with Gasteiger partial charge in [0.05, 0.1) is 17.2 Å². The number of anilines is 1. The highest BCUT2D eigenvalue weighted by Crippen LogP contribution is 2.13. The molecule has 2 N–H and O–H groups in total. The van der Waals surface area contributed by atoms with Crippen molar-refractivity contribution in [2.75, 3.05) is 18.5 Å². The van der Waals surface area contributed by atoms with Gasteiger partial charge in [-0.15, -0.1) is 0 Å². The smallest absolute Gasteiger partial charge is 0.257 e. The van der Waals surface area contributed by atoms with Gasteiger partial charge in [-0.2, -0.15) is 0 Å². The number of halogens is 1. The second-order valence-corrected chi connectivity index (χ2v) is 5.77. The molecule has 1 fully saturated rings. The molecule has 130 valence electrons. The summed E-state index contributed by atoms with van der Waals surface area (Å²) in [6, 6.07) is 7.02. The maximum absolute atomic E-state index is 13.2. The lowest BCUT2D eigenvalue weighted by Gasteiger charge is -2.11. The van der Waals surface area contributed by atoms with Gasteiger partial charge in [0.15, 0.2) is 0 Å². The fraction of sp³-hybridized carbons (Fsp3) is 0.278. The van der Waals surface area contributed by atoms with Crippen LogP contribution >= 0.6 is 0 Å². The molecule has 0 spiro atoms. The molecular formula is C18H18FN3O3. The van der Waals surface area contributed by atoms with Gasteiger partial charge in [-0.1, -0.05) is 6.07 Å². The number of ether oxygens (including phenoxy) is 1. The molecule has 0 radical (unpaired) electrons. The van der Waals surface area contributed by atoms with Crippen molar-refractivity contribution in [3.8, 4) is 0 Å². The van der Waals surface area contributed by atoms with Crippen molar-refractivity contribution in [2.45, 2.75) is 18.9 Å². The topological polar surface area (TPSA) is 80.3 Å². The summed E-state index contributed by atoms with van der Waals surface area (Å²) in [7, 11) is 0. The first-order chi connectivity index (χ1) is 12.1. The molecule has 2 heterocycles. The fourth-order valence-electron chi connectivity index (χ4n) is 2.57. The van der Waals surface area contributed by atoms with Crippen LogP contribution in [0.1, 0.15) is 33.6 Å². The van der Waals surface area contributed by atoms with Crippen LogP contribution in [0.5, 0.6) is 0 Å². The molecule has 0 aliphatic carbocycles. The minimum atomic E-state index is -0.466. The van der Waals surface area contributed by atoms with E-state index in [0.717, 1.165) is 19.4 Å². The van der Waals surface area contributed by atoms with Crippen LogP contribution in [-0.2, 0) is 4.74 Å². The molecule has 7 heteroatoms. The van der Waals surface area contributed by atoms with Crippen molar-refractivity contribution in [2.24, 2.45) is 0 Å². The molecule has 2 aromatic rings. The summed E-state index contributed by atoms with van der Waals surface area (Å²) in [6.07, 6.45) is 4.71. The zero-order valence-electron chi connectivity index (χ0n) is 13.5. The first-order valence-electron chi connectivity index (χ1n) is 8.03. The molecule has 25 heavy (non-hydrogen) atoms. The number of amides is 2. The Morgan fingerprint density at radius 2 is 2.00 bits per heavy atom. The lowest BCUT2D eigenvalue weighted by molar-refractivity contribution is 0.0857. The van der Waals surface area contributed by atoms with Gasteiger partial charge < -0.3 is 15.4 Å². The lowest BCUT2D eigenvalue weighted by atomic mass is 10.1. The van der Waals surface area contributed by atoms with E-state index >= 15 is 0 Å². The molecule has 0 bridgehead atoms. The van der Waals surface area contributed by atoms with E-state index in [-0.39, 0.29) is 23.1 Å². The van der Waals surface area contributed by atoms with Gasteiger partial charge in [0.2, 0.25) is 0 Å². The second kappa shape index (κ2) is 7.85. The van der Waals surface area contributed by atoms with E-state index in [1.54, 1.807) is 6.07 Å². The maximum atomic E-state index is 13.2. The van der Waals surface area contributed by atoms with Crippen molar-refractivity contribution >= 4 is 17.5 Å². The number of rotatable bonds is 5. The van der Waals surface area contributed by atoms with Crippen molar-refractivity contribution in [3.05, 3.63) is 59.7 Å². The first kappa shape index (κ1) is 17.0. The Morgan fingerprint density at radius 1 is 1.20 bits per heavy atom. The molecule has 2 amide bonds. The van der Waals surface area contributed by atoms with Crippen molar-refractivity contribution in [1.82, 2.24) is 10.3 Å². The highest BCUT2D eigenvalue weighted by atomic mass is 19.1. The van der Waals surface area contributed by atoms with Gasteiger partial charge in [-0.05, 0) is 37.1 Å². The Balaban J connectivity index is 1.63. The predicted octanol–water partition coefficient (Wildman–Crippen LogP) is 2.38. The Kier molecular flexibility index (Phi) is 5.35. The van der Waals surface area contributed by atoms with Crippen LogP contribution in [0.2, 0.25) is 0 Å². The summed E-state index contributed by atoms with van der Waals surface area (Å²) in [4.78, 5) is 28.4. The number of pyridine rings is 1. The molecular weight excluding hydrogens is 325 g/mol. The van der Waals surface area contributed by atoms with Crippen LogP contribution < -0.4 is 10.6 Å². The molecule has 1 atom stereocenters. The van der Waals surface area contributed by atoms with Gasteiger partial charge >= 0.3 is 0 Å². The molecule has 6 nitrogen and oxygen atoms in total. The van der Waals surface area contributed by atoms with E-state index < -0.39 is 11.7 Å². The number of nitrogens with one attached hydrogen (secondary N) is 2.